The van der Waals surface area contributed by atoms with Crippen molar-refractivity contribution in [2.75, 3.05) is 36.4 Å². The SMILES string of the molecule is CCCC(=O)N1CCN(c2ccc(NC(=S)NC(=O)c3ccco3)cc2)CC1. The number of nitrogens with one attached hydrogen (secondary N) is 2. The summed E-state index contributed by atoms with van der Waals surface area (Å²) < 4.78 is 5.04. The number of thiocarbonyl (C=S) groups is 1. The first-order valence-electron chi connectivity index (χ1n) is 9.35. The minimum atomic E-state index is -0.394. The van der Waals surface area contributed by atoms with Gasteiger partial charge < -0.3 is 19.5 Å². The van der Waals surface area contributed by atoms with Crippen molar-refractivity contribution < 1.29 is 14.0 Å². The van der Waals surface area contributed by atoms with Gasteiger partial charge in [0.2, 0.25) is 5.91 Å². The molecule has 1 aromatic carbocycles. The van der Waals surface area contributed by atoms with Crippen LogP contribution in [0.1, 0.15) is 30.3 Å². The number of anilines is 2. The molecule has 1 aliphatic rings. The summed E-state index contributed by atoms with van der Waals surface area (Å²) in [6, 6.07) is 11.0. The lowest BCUT2D eigenvalue weighted by molar-refractivity contribution is -0.131. The van der Waals surface area contributed by atoms with Crippen molar-refractivity contribution >= 4 is 40.5 Å². The lowest BCUT2D eigenvalue weighted by atomic mass is 10.2. The maximum atomic E-state index is 12.0. The minimum absolute atomic E-state index is 0.205. The molecule has 148 valence electrons. The summed E-state index contributed by atoms with van der Waals surface area (Å²) in [5.41, 5.74) is 1.88. The Morgan fingerprint density at radius 3 is 2.43 bits per heavy atom. The zero-order valence-corrected chi connectivity index (χ0v) is 16.6. The van der Waals surface area contributed by atoms with E-state index in [1.165, 1.54) is 6.26 Å². The summed E-state index contributed by atoms with van der Waals surface area (Å²) in [4.78, 5) is 28.1. The van der Waals surface area contributed by atoms with Crippen LogP contribution in [0, 0.1) is 0 Å². The molecular weight excluding hydrogens is 376 g/mol. The molecule has 3 rings (SSSR count). The number of hydrogen-bond acceptors (Lipinski definition) is 5. The molecule has 0 aliphatic carbocycles. The fourth-order valence-electron chi connectivity index (χ4n) is 3.08. The zero-order valence-electron chi connectivity index (χ0n) is 15.8. The molecule has 2 heterocycles. The van der Waals surface area contributed by atoms with Crippen molar-refractivity contribution in [2.45, 2.75) is 19.8 Å². The predicted octanol–water partition coefficient (Wildman–Crippen LogP) is 2.86. The van der Waals surface area contributed by atoms with Gasteiger partial charge in [-0.25, -0.2) is 0 Å². The third-order valence-electron chi connectivity index (χ3n) is 4.56. The van der Waals surface area contributed by atoms with E-state index in [-0.39, 0.29) is 16.8 Å². The number of amides is 2. The van der Waals surface area contributed by atoms with Crippen LogP contribution in [0.3, 0.4) is 0 Å². The monoisotopic (exact) mass is 400 g/mol. The number of carbonyl (C=O) groups excluding carboxylic acids is 2. The molecule has 8 heteroatoms. The van der Waals surface area contributed by atoms with E-state index in [2.05, 4.69) is 15.5 Å². The second kappa shape index (κ2) is 9.36. The molecule has 0 radical (unpaired) electrons. The van der Waals surface area contributed by atoms with Gasteiger partial charge in [0.15, 0.2) is 10.9 Å². The van der Waals surface area contributed by atoms with Crippen molar-refractivity contribution in [2.24, 2.45) is 0 Å². The van der Waals surface area contributed by atoms with E-state index in [4.69, 9.17) is 16.6 Å². The van der Waals surface area contributed by atoms with Crippen molar-refractivity contribution in [3.05, 3.63) is 48.4 Å². The number of hydrogen-bond donors (Lipinski definition) is 2. The standard InChI is InChI=1S/C20H24N4O3S/c1-2-4-18(25)24-12-10-23(11-13-24)16-8-6-15(7-9-16)21-20(28)22-19(26)17-5-3-14-27-17/h3,5-9,14H,2,4,10-13H2,1H3,(H2,21,22,26,28). The second-order valence-electron chi connectivity index (χ2n) is 6.55. The number of benzene rings is 1. The molecule has 7 nitrogen and oxygen atoms in total. The van der Waals surface area contributed by atoms with Crippen molar-refractivity contribution in [3.63, 3.8) is 0 Å². The van der Waals surface area contributed by atoms with E-state index in [1.54, 1.807) is 12.1 Å². The lowest BCUT2D eigenvalue weighted by Crippen LogP contribution is -2.48. The van der Waals surface area contributed by atoms with Gasteiger partial charge >= 0.3 is 0 Å². The van der Waals surface area contributed by atoms with Crippen LogP contribution in [0.5, 0.6) is 0 Å². The van der Waals surface area contributed by atoms with Crippen LogP contribution in [0.15, 0.2) is 47.1 Å². The topological polar surface area (TPSA) is 77.8 Å². The van der Waals surface area contributed by atoms with Gasteiger partial charge in [-0.15, -0.1) is 0 Å². The third kappa shape index (κ3) is 5.10. The first-order valence-corrected chi connectivity index (χ1v) is 9.76. The molecule has 1 fully saturated rings. The molecular formula is C20H24N4O3S. The van der Waals surface area contributed by atoms with Gasteiger partial charge in [-0.1, -0.05) is 6.92 Å². The second-order valence-corrected chi connectivity index (χ2v) is 6.96. The molecule has 2 aromatic rings. The van der Waals surface area contributed by atoms with Crippen molar-refractivity contribution in [1.82, 2.24) is 10.2 Å². The van der Waals surface area contributed by atoms with Crippen LogP contribution in [-0.2, 0) is 4.79 Å². The van der Waals surface area contributed by atoms with Crippen LogP contribution in [0.4, 0.5) is 11.4 Å². The van der Waals surface area contributed by atoms with Crippen LogP contribution < -0.4 is 15.5 Å². The van der Waals surface area contributed by atoms with E-state index in [0.29, 0.717) is 6.42 Å². The van der Waals surface area contributed by atoms with Crippen LogP contribution >= 0.6 is 12.2 Å². The van der Waals surface area contributed by atoms with E-state index in [9.17, 15) is 9.59 Å². The number of rotatable bonds is 5. The molecule has 0 unspecified atom stereocenters. The molecule has 0 saturated carbocycles. The number of piperazine rings is 1. The molecule has 1 aliphatic heterocycles. The van der Waals surface area contributed by atoms with Gasteiger partial charge in [0.1, 0.15) is 0 Å². The van der Waals surface area contributed by atoms with E-state index >= 15 is 0 Å². The van der Waals surface area contributed by atoms with Gasteiger partial charge in [0.05, 0.1) is 6.26 Å². The highest BCUT2D eigenvalue weighted by Crippen LogP contribution is 2.20. The minimum Gasteiger partial charge on any atom is -0.459 e. The Kier molecular flexibility index (Phi) is 6.65. The molecule has 2 amide bonds. The Bertz CT molecular complexity index is 812. The molecule has 28 heavy (non-hydrogen) atoms. The first-order chi connectivity index (χ1) is 13.6. The summed E-state index contributed by atoms with van der Waals surface area (Å²) in [6.45, 7) is 5.17. The quantitative estimate of drug-likeness (QED) is 0.752. The van der Waals surface area contributed by atoms with Crippen LogP contribution in [0.2, 0.25) is 0 Å². The maximum Gasteiger partial charge on any atom is 0.293 e. The average molecular weight is 401 g/mol. The van der Waals surface area contributed by atoms with Crippen molar-refractivity contribution in [1.29, 1.82) is 0 Å². The van der Waals surface area contributed by atoms with E-state index in [0.717, 1.165) is 44.0 Å². The number of nitrogens with zero attached hydrogens (tertiary/aromatic N) is 2. The predicted molar refractivity (Wildman–Crippen MR) is 113 cm³/mol. The Labute approximate surface area is 169 Å². The highest BCUT2D eigenvalue weighted by molar-refractivity contribution is 7.80. The van der Waals surface area contributed by atoms with Crippen LogP contribution in [0.25, 0.3) is 0 Å². The highest BCUT2D eigenvalue weighted by atomic mass is 32.1. The summed E-state index contributed by atoms with van der Waals surface area (Å²) in [6.07, 6.45) is 2.94. The van der Waals surface area contributed by atoms with Gasteiger partial charge in [-0.05, 0) is 55.0 Å². The van der Waals surface area contributed by atoms with Crippen molar-refractivity contribution in [3.8, 4) is 0 Å². The van der Waals surface area contributed by atoms with Crippen LogP contribution in [-0.4, -0.2) is 48.0 Å². The Morgan fingerprint density at radius 1 is 1.11 bits per heavy atom. The molecule has 1 saturated heterocycles. The fraction of sp³-hybridized carbons (Fsp3) is 0.350. The molecule has 0 atom stereocenters. The zero-order chi connectivity index (χ0) is 19.9. The summed E-state index contributed by atoms with van der Waals surface area (Å²) in [7, 11) is 0. The third-order valence-corrected chi connectivity index (χ3v) is 4.76. The Morgan fingerprint density at radius 2 is 1.82 bits per heavy atom. The summed E-state index contributed by atoms with van der Waals surface area (Å²) in [5.74, 6) is 0.0532. The van der Waals surface area contributed by atoms with E-state index < -0.39 is 5.91 Å². The molecule has 1 aromatic heterocycles. The Balaban J connectivity index is 1.49. The smallest absolute Gasteiger partial charge is 0.293 e. The first kappa shape index (κ1) is 19.9. The van der Waals surface area contributed by atoms with Gasteiger partial charge in [-0.2, -0.15) is 0 Å². The fourth-order valence-corrected chi connectivity index (χ4v) is 3.29. The van der Waals surface area contributed by atoms with Gasteiger partial charge in [0.25, 0.3) is 5.91 Å². The normalized spacial score (nSPS) is 13.9. The average Bonchev–Trinajstić information content (AvgIpc) is 3.24. The van der Waals surface area contributed by atoms with Gasteiger partial charge in [0, 0.05) is 44.0 Å². The van der Waals surface area contributed by atoms with E-state index in [1.807, 2.05) is 36.1 Å². The largest absolute Gasteiger partial charge is 0.459 e. The molecule has 2 N–H and O–H groups in total. The molecule has 0 bridgehead atoms. The summed E-state index contributed by atoms with van der Waals surface area (Å²) >= 11 is 5.17. The Hall–Kier alpha value is -2.87. The molecule has 0 spiro atoms. The highest BCUT2D eigenvalue weighted by Gasteiger charge is 2.20. The maximum absolute atomic E-state index is 12.0. The summed E-state index contributed by atoms with van der Waals surface area (Å²) in [5, 5.41) is 5.77. The number of carbonyl (C=O) groups is 2. The number of furan rings is 1. The van der Waals surface area contributed by atoms with Gasteiger partial charge in [-0.3, -0.25) is 14.9 Å². The lowest BCUT2D eigenvalue weighted by Gasteiger charge is -2.36.